The third kappa shape index (κ3) is 2.93. The highest BCUT2D eigenvalue weighted by Crippen LogP contribution is 2.31. The Balaban J connectivity index is 1.74. The average Bonchev–Trinajstić information content (AvgIpc) is 3.01. The number of carbonyl (C=O) groups excluding carboxylic acids is 2. The van der Waals surface area contributed by atoms with E-state index in [1.807, 2.05) is 49.4 Å². The van der Waals surface area contributed by atoms with Crippen LogP contribution < -0.4 is 0 Å². The highest BCUT2D eigenvalue weighted by molar-refractivity contribution is 6.04. The molecule has 25 heavy (non-hydrogen) atoms. The van der Waals surface area contributed by atoms with E-state index in [0.29, 0.717) is 12.0 Å². The number of hydrogen-bond acceptors (Lipinski definition) is 4. The van der Waals surface area contributed by atoms with Crippen LogP contribution in [0.25, 0.3) is 0 Å². The molecule has 0 unspecified atom stereocenters. The third-order valence-corrected chi connectivity index (χ3v) is 4.61. The van der Waals surface area contributed by atoms with Crippen molar-refractivity contribution in [2.45, 2.75) is 31.9 Å². The highest BCUT2D eigenvalue weighted by atomic mass is 16.6. The van der Waals surface area contributed by atoms with Gasteiger partial charge in [-0.05, 0) is 24.6 Å². The molecular weight excluding hydrogens is 316 g/mol. The molecule has 4 rings (SSSR count). The van der Waals surface area contributed by atoms with Crippen LogP contribution in [0.2, 0.25) is 0 Å². The molecule has 2 heterocycles. The first-order valence-corrected chi connectivity index (χ1v) is 8.34. The Labute approximate surface area is 145 Å². The first kappa shape index (κ1) is 15.6. The van der Waals surface area contributed by atoms with Crippen molar-refractivity contribution in [2.24, 2.45) is 5.10 Å². The molecule has 5 nitrogen and oxygen atoms in total. The highest BCUT2D eigenvalue weighted by Gasteiger charge is 2.45. The van der Waals surface area contributed by atoms with E-state index in [-0.39, 0.29) is 30.4 Å². The minimum atomic E-state index is -0.340. The summed E-state index contributed by atoms with van der Waals surface area (Å²) in [6.45, 7) is 2.01. The predicted molar refractivity (Wildman–Crippen MR) is 93.2 cm³/mol. The molecule has 0 aliphatic carbocycles. The molecule has 1 amide bonds. The molecule has 0 aromatic heterocycles. The summed E-state index contributed by atoms with van der Waals surface area (Å²) in [6.07, 6.45) is 0.375. The fourth-order valence-corrected chi connectivity index (χ4v) is 3.36. The molecule has 0 bridgehead atoms. The summed E-state index contributed by atoms with van der Waals surface area (Å²) in [5, 5.41) is 6.05. The number of ether oxygens (including phenoxy) is 1. The molecule has 0 saturated carbocycles. The van der Waals surface area contributed by atoms with Crippen molar-refractivity contribution in [1.29, 1.82) is 0 Å². The van der Waals surface area contributed by atoms with E-state index in [2.05, 4.69) is 5.10 Å². The van der Waals surface area contributed by atoms with Gasteiger partial charge in [-0.2, -0.15) is 5.10 Å². The van der Waals surface area contributed by atoms with Crippen LogP contribution in [0.5, 0.6) is 0 Å². The monoisotopic (exact) mass is 334 g/mol. The van der Waals surface area contributed by atoms with E-state index in [4.69, 9.17) is 4.74 Å². The minimum Gasteiger partial charge on any atom is -0.460 e. The van der Waals surface area contributed by atoms with E-state index >= 15 is 0 Å². The predicted octanol–water partition coefficient (Wildman–Crippen LogP) is 2.93. The second-order valence-corrected chi connectivity index (χ2v) is 6.44. The van der Waals surface area contributed by atoms with Crippen LogP contribution in [0.1, 0.15) is 34.3 Å². The van der Waals surface area contributed by atoms with Gasteiger partial charge in [-0.25, -0.2) is 5.01 Å². The molecule has 2 aromatic carbocycles. The molecule has 1 fully saturated rings. The Morgan fingerprint density at radius 1 is 1.12 bits per heavy atom. The van der Waals surface area contributed by atoms with Crippen molar-refractivity contribution in [2.75, 3.05) is 0 Å². The maximum Gasteiger partial charge on any atom is 0.308 e. The van der Waals surface area contributed by atoms with Gasteiger partial charge in [-0.3, -0.25) is 9.59 Å². The van der Waals surface area contributed by atoms with E-state index in [1.165, 1.54) is 5.01 Å². The van der Waals surface area contributed by atoms with Gasteiger partial charge in [0.15, 0.2) is 0 Å². The molecule has 0 radical (unpaired) electrons. The normalized spacial score (nSPS) is 22.2. The fourth-order valence-electron chi connectivity index (χ4n) is 3.36. The summed E-state index contributed by atoms with van der Waals surface area (Å²) in [6, 6.07) is 16.6. The van der Waals surface area contributed by atoms with Gasteiger partial charge in [-0.15, -0.1) is 0 Å². The lowest BCUT2D eigenvalue weighted by Gasteiger charge is -2.32. The van der Waals surface area contributed by atoms with Crippen LogP contribution in [0, 0.1) is 6.92 Å². The van der Waals surface area contributed by atoms with Gasteiger partial charge in [-0.1, -0.05) is 48.0 Å². The maximum absolute atomic E-state index is 12.9. The number of rotatable bonds is 2. The summed E-state index contributed by atoms with van der Waals surface area (Å²) in [5.41, 5.74) is 3.39. The zero-order valence-electron chi connectivity index (χ0n) is 13.9. The molecule has 1 saturated heterocycles. The third-order valence-electron chi connectivity index (χ3n) is 4.61. The van der Waals surface area contributed by atoms with E-state index in [1.54, 1.807) is 12.1 Å². The molecular formula is C20H18N2O3. The summed E-state index contributed by atoms with van der Waals surface area (Å²) < 4.78 is 5.45. The Hall–Kier alpha value is -2.95. The summed E-state index contributed by atoms with van der Waals surface area (Å²) in [4.78, 5) is 24.7. The quantitative estimate of drug-likeness (QED) is 0.794. The Bertz CT molecular complexity index is 860. The van der Waals surface area contributed by atoms with Crippen LogP contribution >= 0.6 is 0 Å². The molecule has 0 N–H and O–H groups in total. The first-order valence-electron chi connectivity index (χ1n) is 8.34. The molecule has 126 valence electrons. The van der Waals surface area contributed by atoms with E-state index in [9.17, 15) is 9.59 Å². The van der Waals surface area contributed by atoms with Crippen molar-refractivity contribution in [3.05, 3.63) is 71.3 Å². The number of aryl methyl sites for hydroxylation is 1. The maximum atomic E-state index is 12.9. The number of hydrazone groups is 1. The first-order chi connectivity index (χ1) is 12.1. The van der Waals surface area contributed by atoms with Crippen LogP contribution in [-0.4, -0.2) is 34.7 Å². The molecule has 2 atom stereocenters. The average molecular weight is 334 g/mol. The van der Waals surface area contributed by atoms with Crippen molar-refractivity contribution < 1.29 is 14.3 Å². The number of fused-ring (bicyclic) bond motifs is 1. The SMILES string of the molecule is Cc1cccc(C2=NN(C(=O)c3ccccc3)[C@@H]3CC(=O)O[C@@H]3C2)c1. The molecule has 5 heteroatoms. The van der Waals surface area contributed by atoms with Crippen molar-refractivity contribution in [3.8, 4) is 0 Å². The Morgan fingerprint density at radius 2 is 1.92 bits per heavy atom. The van der Waals surface area contributed by atoms with Gasteiger partial charge in [0.05, 0.1) is 12.1 Å². The van der Waals surface area contributed by atoms with E-state index in [0.717, 1.165) is 16.8 Å². The van der Waals surface area contributed by atoms with E-state index < -0.39 is 0 Å². The number of carbonyl (C=O) groups is 2. The fraction of sp³-hybridized carbons (Fsp3) is 0.250. The largest absolute Gasteiger partial charge is 0.460 e. The molecule has 2 aliphatic heterocycles. The van der Waals surface area contributed by atoms with Crippen molar-refractivity contribution in [3.63, 3.8) is 0 Å². The van der Waals surface area contributed by atoms with Gasteiger partial charge >= 0.3 is 5.97 Å². The number of benzene rings is 2. The molecule has 2 aliphatic rings. The molecule has 0 spiro atoms. The topological polar surface area (TPSA) is 59.0 Å². The van der Waals surface area contributed by atoms with Crippen LogP contribution in [0.15, 0.2) is 59.7 Å². The summed E-state index contributed by atoms with van der Waals surface area (Å²) >= 11 is 0. The lowest BCUT2D eigenvalue weighted by molar-refractivity contribution is -0.141. The Morgan fingerprint density at radius 3 is 2.68 bits per heavy atom. The van der Waals surface area contributed by atoms with Gasteiger partial charge in [0.2, 0.25) is 0 Å². The zero-order valence-corrected chi connectivity index (χ0v) is 13.9. The number of esters is 1. The van der Waals surface area contributed by atoms with Crippen LogP contribution in [-0.2, 0) is 9.53 Å². The second-order valence-electron chi connectivity index (χ2n) is 6.44. The standard InChI is InChI=1S/C20H18N2O3/c1-13-6-5-9-15(10-13)16-11-18-17(12-19(23)25-18)22(21-16)20(24)14-7-3-2-4-8-14/h2-10,17-18H,11-12H2,1H3/t17-,18-/m1/s1. The summed E-state index contributed by atoms with van der Waals surface area (Å²) in [7, 11) is 0. The van der Waals surface area contributed by atoms with Crippen molar-refractivity contribution in [1.82, 2.24) is 5.01 Å². The number of nitrogens with zero attached hydrogens (tertiary/aromatic N) is 2. The smallest absolute Gasteiger partial charge is 0.308 e. The van der Waals surface area contributed by atoms with Crippen LogP contribution in [0.3, 0.4) is 0 Å². The number of hydrogen-bond donors (Lipinski definition) is 0. The minimum absolute atomic E-state index is 0.188. The van der Waals surface area contributed by atoms with Gasteiger partial charge in [0, 0.05) is 12.0 Å². The Kier molecular flexibility index (Phi) is 3.84. The number of amides is 1. The lowest BCUT2D eigenvalue weighted by Crippen LogP contribution is -2.46. The van der Waals surface area contributed by atoms with Gasteiger partial charge in [0.1, 0.15) is 12.1 Å². The van der Waals surface area contributed by atoms with Crippen LogP contribution in [0.4, 0.5) is 0 Å². The van der Waals surface area contributed by atoms with Gasteiger partial charge in [0.25, 0.3) is 5.91 Å². The molecule has 2 aromatic rings. The summed E-state index contributed by atoms with van der Waals surface area (Å²) in [5.74, 6) is -0.486. The zero-order chi connectivity index (χ0) is 17.4. The second kappa shape index (κ2) is 6.16. The lowest BCUT2D eigenvalue weighted by atomic mass is 9.96. The van der Waals surface area contributed by atoms with Crippen molar-refractivity contribution >= 4 is 17.6 Å². The van der Waals surface area contributed by atoms with Gasteiger partial charge < -0.3 is 4.74 Å².